The first kappa shape index (κ1) is 13.5. The van der Waals surface area contributed by atoms with E-state index in [1.807, 2.05) is 31.2 Å². The van der Waals surface area contributed by atoms with Gasteiger partial charge in [-0.2, -0.15) is 0 Å². The van der Waals surface area contributed by atoms with Crippen LogP contribution in [0, 0.1) is 6.92 Å². The largest absolute Gasteiger partial charge is 0.363 e. The third-order valence-corrected chi connectivity index (χ3v) is 3.77. The number of nitrogens with zero attached hydrogens (tertiary/aromatic N) is 3. The average Bonchev–Trinajstić information content (AvgIpc) is 2.89. The number of benzene rings is 1. The lowest BCUT2D eigenvalue weighted by molar-refractivity contribution is 0.0783. The Morgan fingerprint density at radius 2 is 2.11 bits per heavy atom. The maximum atomic E-state index is 12.2. The van der Waals surface area contributed by atoms with Crippen LogP contribution in [0.15, 0.2) is 24.3 Å². The van der Waals surface area contributed by atoms with E-state index in [9.17, 15) is 4.79 Å². The van der Waals surface area contributed by atoms with Crippen LogP contribution in [0.1, 0.15) is 20.9 Å². The molecule has 0 radical (unpaired) electrons. The summed E-state index contributed by atoms with van der Waals surface area (Å²) < 4.78 is 0. The minimum Gasteiger partial charge on any atom is -0.363 e. The van der Waals surface area contributed by atoms with Crippen molar-refractivity contribution in [1.82, 2.24) is 15.1 Å². The molecule has 0 unspecified atom stereocenters. The highest BCUT2D eigenvalue weighted by Gasteiger charge is 2.17. The molecule has 0 aliphatic carbocycles. The van der Waals surface area contributed by atoms with Crippen molar-refractivity contribution in [1.29, 1.82) is 0 Å². The van der Waals surface area contributed by atoms with E-state index in [0.717, 1.165) is 5.56 Å². The van der Waals surface area contributed by atoms with E-state index >= 15 is 0 Å². The van der Waals surface area contributed by atoms with Crippen molar-refractivity contribution >= 4 is 22.4 Å². The van der Waals surface area contributed by atoms with Gasteiger partial charge in [0, 0.05) is 20.6 Å². The molecule has 0 bridgehead atoms. The van der Waals surface area contributed by atoms with Crippen molar-refractivity contribution in [2.75, 3.05) is 19.4 Å². The second-order valence-electron chi connectivity index (χ2n) is 4.25. The molecule has 1 aromatic heterocycles. The van der Waals surface area contributed by atoms with Crippen LogP contribution in [0.2, 0.25) is 0 Å². The van der Waals surface area contributed by atoms with E-state index in [1.54, 1.807) is 19.0 Å². The summed E-state index contributed by atoms with van der Waals surface area (Å²) in [7, 11) is 3.53. The van der Waals surface area contributed by atoms with Crippen molar-refractivity contribution < 1.29 is 4.79 Å². The zero-order valence-electron chi connectivity index (χ0n) is 11.2. The number of anilines is 1. The summed E-state index contributed by atoms with van der Waals surface area (Å²) in [6.45, 7) is 2.61. The summed E-state index contributed by atoms with van der Waals surface area (Å²) in [5, 5.41) is 11.7. The second-order valence-corrected chi connectivity index (χ2v) is 5.23. The van der Waals surface area contributed by atoms with Gasteiger partial charge in [-0.1, -0.05) is 35.6 Å². The number of carbonyl (C=O) groups excluding carboxylic acids is 1. The third kappa shape index (κ3) is 3.08. The molecule has 19 heavy (non-hydrogen) atoms. The van der Waals surface area contributed by atoms with Gasteiger partial charge in [0.1, 0.15) is 0 Å². The number of hydrogen-bond donors (Lipinski definition) is 1. The van der Waals surface area contributed by atoms with Crippen molar-refractivity contribution in [3.63, 3.8) is 0 Å². The molecular formula is C13H16N4OS. The molecule has 2 rings (SSSR count). The van der Waals surface area contributed by atoms with Crippen LogP contribution in [-0.2, 0) is 6.54 Å². The first-order valence-electron chi connectivity index (χ1n) is 5.93. The summed E-state index contributed by atoms with van der Waals surface area (Å²) in [4.78, 5) is 13.9. The molecule has 5 nitrogen and oxygen atoms in total. The van der Waals surface area contributed by atoms with Gasteiger partial charge in [-0.15, -0.1) is 10.2 Å². The highest BCUT2D eigenvalue weighted by Crippen LogP contribution is 2.17. The second kappa shape index (κ2) is 5.79. The number of amides is 1. The molecule has 0 saturated carbocycles. The molecule has 1 amide bonds. The number of rotatable bonds is 4. The van der Waals surface area contributed by atoms with Gasteiger partial charge in [-0.25, -0.2) is 0 Å². The lowest BCUT2D eigenvalue weighted by atomic mass is 10.1. The van der Waals surface area contributed by atoms with Crippen LogP contribution in [0.4, 0.5) is 5.13 Å². The number of aromatic nitrogens is 2. The summed E-state index contributed by atoms with van der Waals surface area (Å²) in [5.74, 6) is -0.109. The van der Waals surface area contributed by atoms with E-state index in [2.05, 4.69) is 15.5 Å². The molecule has 0 atom stereocenters. The quantitative estimate of drug-likeness (QED) is 0.929. The first-order chi connectivity index (χ1) is 9.11. The molecule has 1 N–H and O–H groups in total. The predicted octanol–water partition coefficient (Wildman–Crippen LogP) is 2.16. The van der Waals surface area contributed by atoms with Gasteiger partial charge in [0.2, 0.25) is 10.1 Å². The monoisotopic (exact) mass is 276 g/mol. The lowest BCUT2D eigenvalue weighted by Gasteiger charge is -2.16. The highest BCUT2D eigenvalue weighted by molar-refractivity contribution is 7.17. The van der Waals surface area contributed by atoms with Gasteiger partial charge in [0.15, 0.2) is 0 Å². The first-order valence-corrected chi connectivity index (χ1v) is 6.74. The molecule has 0 saturated heterocycles. The molecular weight excluding hydrogens is 260 g/mol. The Morgan fingerprint density at radius 3 is 2.74 bits per heavy atom. The van der Waals surface area contributed by atoms with E-state index < -0.39 is 0 Å². The molecule has 0 aliphatic rings. The van der Waals surface area contributed by atoms with Crippen LogP contribution in [0.25, 0.3) is 0 Å². The summed E-state index contributed by atoms with van der Waals surface area (Å²) in [6.07, 6.45) is 0. The smallest absolute Gasteiger partial charge is 0.284 e. The summed E-state index contributed by atoms with van der Waals surface area (Å²) >= 11 is 1.26. The van der Waals surface area contributed by atoms with Crippen molar-refractivity contribution in [2.45, 2.75) is 13.5 Å². The Hall–Kier alpha value is -1.95. The minimum atomic E-state index is -0.109. The number of aryl methyl sites for hydroxylation is 1. The molecule has 1 aromatic carbocycles. The maximum absolute atomic E-state index is 12.2. The molecule has 0 spiro atoms. The zero-order chi connectivity index (χ0) is 13.8. The van der Waals surface area contributed by atoms with E-state index in [-0.39, 0.29) is 5.91 Å². The predicted molar refractivity (Wildman–Crippen MR) is 76.4 cm³/mol. The Balaban J connectivity index is 2.09. The summed E-state index contributed by atoms with van der Waals surface area (Å²) in [5.41, 5.74) is 2.31. The maximum Gasteiger partial charge on any atom is 0.284 e. The van der Waals surface area contributed by atoms with Gasteiger partial charge in [0.05, 0.1) is 0 Å². The minimum absolute atomic E-state index is 0.109. The van der Waals surface area contributed by atoms with E-state index in [1.165, 1.54) is 16.9 Å². The SMILES string of the molecule is CNc1nnc(C(=O)N(C)Cc2ccccc2C)s1. The molecule has 0 aliphatic heterocycles. The Kier molecular flexibility index (Phi) is 4.11. The van der Waals surface area contributed by atoms with Crippen molar-refractivity contribution in [3.05, 3.63) is 40.4 Å². The fourth-order valence-electron chi connectivity index (χ4n) is 1.69. The van der Waals surface area contributed by atoms with Crippen LogP contribution < -0.4 is 5.32 Å². The van der Waals surface area contributed by atoms with Gasteiger partial charge in [0.25, 0.3) is 5.91 Å². The third-order valence-electron chi connectivity index (χ3n) is 2.84. The van der Waals surface area contributed by atoms with Crippen molar-refractivity contribution in [3.8, 4) is 0 Å². The van der Waals surface area contributed by atoms with Crippen LogP contribution >= 0.6 is 11.3 Å². The number of carbonyl (C=O) groups is 1. The number of nitrogens with one attached hydrogen (secondary N) is 1. The van der Waals surface area contributed by atoms with E-state index in [0.29, 0.717) is 16.7 Å². The molecule has 100 valence electrons. The van der Waals surface area contributed by atoms with E-state index in [4.69, 9.17) is 0 Å². The summed E-state index contributed by atoms with van der Waals surface area (Å²) in [6, 6.07) is 8.03. The Bertz CT molecular complexity index is 582. The van der Waals surface area contributed by atoms with Crippen LogP contribution in [0.3, 0.4) is 0 Å². The van der Waals surface area contributed by atoms with Gasteiger partial charge in [-0.3, -0.25) is 4.79 Å². The van der Waals surface area contributed by atoms with Crippen LogP contribution in [0.5, 0.6) is 0 Å². The molecule has 6 heteroatoms. The fraction of sp³-hybridized carbons (Fsp3) is 0.308. The average molecular weight is 276 g/mol. The fourth-order valence-corrected chi connectivity index (χ4v) is 2.38. The molecule has 2 aromatic rings. The topological polar surface area (TPSA) is 58.1 Å². The number of hydrogen-bond acceptors (Lipinski definition) is 5. The Labute approximate surface area is 116 Å². The van der Waals surface area contributed by atoms with Crippen LogP contribution in [-0.4, -0.2) is 35.1 Å². The van der Waals surface area contributed by atoms with Gasteiger partial charge < -0.3 is 10.2 Å². The molecule has 0 fully saturated rings. The molecule has 1 heterocycles. The lowest BCUT2D eigenvalue weighted by Crippen LogP contribution is -2.26. The normalized spacial score (nSPS) is 10.3. The Morgan fingerprint density at radius 1 is 1.37 bits per heavy atom. The van der Waals surface area contributed by atoms with Crippen molar-refractivity contribution in [2.24, 2.45) is 0 Å². The van der Waals surface area contributed by atoms with Gasteiger partial charge >= 0.3 is 0 Å². The standard InChI is InChI=1S/C13H16N4OS/c1-9-6-4-5-7-10(9)8-17(3)12(18)11-15-16-13(14-2)19-11/h4-7H,8H2,1-3H3,(H,14,16). The highest BCUT2D eigenvalue weighted by atomic mass is 32.1. The van der Waals surface area contributed by atoms with Gasteiger partial charge in [-0.05, 0) is 18.1 Å². The zero-order valence-corrected chi connectivity index (χ0v) is 12.0.